The fourth-order valence-corrected chi connectivity index (χ4v) is 11.1. The largest absolute Gasteiger partial charge is 0.493 e. The van der Waals surface area contributed by atoms with Crippen LogP contribution in [0.25, 0.3) is 0 Å². The number of rotatable bonds is 8. The number of benzene rings is 2. The molecule has 0 bridgehead atoms. The lowest BCUT2D eigenvalue weighted by Gasteiger charge is -2.52. The summed E-state index contributed by atoms with van der Waals surface area (Å²) in [5.41, 5.74) is 2.41. The van der Waals surface area contributed by atoms with E-state index in [0.717, 1.165) is 48.7 Å². The Morgan fingerprint density at radius 1 is 0.659 bits per heavy atom. The van der Waals surface area contributed by atoms with Crippen LogP contribution < -0.4 is 18.9 Å². The molecule has 2 unspecified atom stereocenters. The molecular weight excluding hydrogens is 545 g/mol. The third kappa shape index (κ3) is 6.09. The summed E-state index contributed by atoms with van der Waals surface area (Å²) in [5, 5.41) is 0.229. The van der Waals surface area contributed by atoms with Crippen LogP contribution >= 0.6 is 0 Å². The van der Waals surface area contributed by atoms with Gasteiger partial charge in [-0.3, -0.25) is 0 Å². The Morgan fingerprint density at radius 3 is 1.34 bits per heavy atom. The minimum absolute atomic E-state index is 0.0117. The van der Waals surface area contributed by atoms with E-state index in [-0.39, 0.29) is 33.7 Å². The monoisotopic (exact) mass is 598 g/mol. The van der Waals surface area contributed by atoms with Gasteiger partial charge in [0.15, 0.2) is 23.0 Å². The molecule has 228 valence electrons. The summed E-state index contributed by atoms with van der Waals surface area (Å²) < 4.78 is 33.0. The maximum absolute atomic E-state index is 7.68. The molecule has 0 N–H and O–H groups in total. The molecule has 0 aliphatic carbocycles. The molecule has 5 nitrogen and oxygen atoms in total. The summed E-state index contributed by atoms with van der Waals surface area (Å²) in [6, 6.07) is 12.4. The van der Waals surface area contributed by atoms with Crippen molar-refractivity contribution in [2.75, 3.05) is 14.2 Å². The van der Waals surface area contributed by atoms with E-state index in [1.165, 1.54) is 11.1 Å². The van der Waals surface area contributed by atoms with Gasteiger partial charge in [-0.1, -0.05) is 92.0 Å². The predicted molar refractivity (Wildman–Crippen MR) is 175 cm³/mol. The van der Waals surface area contributed by atoms with Crippen LogP contribution in [0.15, 0.2) is 36.4 Å². The topological polar surface area (TPSA) is 46.2 Å². The molecule has 2 aromatic carbocycles. The summed E-state index contributed by atoms with van der Waals surface area (Å²) in [4.78, 5) is 0. The van der Waals surface area contributed by atoms with Crippen molar-refractivity contribution in [3.63, 3.8) is 0 Å². The highest BCUT2D eigenvalue weighted by Gasteiger charge is 2.54. The van der Waals surface area contributed by atoms with E-state index >= 15 is 0 Å². The molecule has 0 spiro atoms. The first-order valence-corrected chi connectivity index (χ1v) is 21.5. The Morgan fingerprint density at radius 2 is 1.02 bits per heavy atom. The molecule has 2 aromatic rings. The lowest BCUT2D eigenvalue weighted by Crippen LogP contribution is -2.65. The van der Waals surface area contributed by atoms with Crippen LogP contribution in [0.4, 0.5) is 0 Å². The number of ether oxygens (including phenoxy) is 5. The van der Waals surface area contributed by atoms with Crippen molar-refractivity contribution in [1.82, 2.24) is 0 Å². The Balaban J connectivity index is 1.78. The van der Waals surface area contributed by atoms with Crippen molar-refractivity contribution in [3.8, 4) is 23.0 Å². The van der Waals surface area contributed by atoms with Crippen molar-refractivity contribution < 1.29 is 23.7 Å². The third-order valence-electron chi connectivity index (χ3n) is 10.8. The van der Waals surface area contributed by atoms with E-state index in [1.807, 2.05) is 12.1 Å². The standard InChI is InChI=1S/C34H54O5Si2/c1-33(2,3)40(9,10)31(27-21-19-23-15-13-17-25(35-7)29(23)37-27)39-32(41(11,12)34(4,5)6)28-22-20-24-16-14-18-26(36-8)30(24)38-28/h13-18,27-28,31-32H,19-22H2,1-12H3/t27-,28-,31?,32?/m1/s1. The van der Waals surface area contributed by atoms with Crippen LogP contribution in [0.1, 0.15) is 65.5 Å². The summed E-state index contributed by atoms with van der Waals surface area (Å²) in [5.74, 6) is 3.38. The molecule has 41 heavy (non-hydrogen) atoms. The van der Waals surface area contributed by atoms with Crippen LogP contribution in [0.2, 0.25) is 36.3 Å². The van der Waals surface area contributed by atoms with Gasteiger partial charge >= 0.3 is 0 Å². The highest BCUT2D eigenvalue weighted by Crippen LogP contribution is 2.49. The van der Waals surface area contributed by atoms with Gasteiger partial charge in [-0.2, -0.15) is 0 Å². The van der Waals surface area contributed by atoms with Crippen LogP contribution in [0, 0.1) is 0 Å². The minimum Gasteiger partial charge on any atom is -0.493 e. The summed E-state index contributed by atoms with van der Waals surface area (Å²) in [6.45, 7) is 24.2. The average Bonchev–Trinajstić information content (AvgIpc) is 2.90. The number of hydrogen-bond acceptors (Lipinski definition) is 5. The van der Waals surface area contributed by atoms with Gasteiger partial charge in [0.05, 0.1) is 41.8 Å². The van der Waals surface area contributed by atoms with Crippen molar-refractivity contribution in [1.29, 1.82) is 0 Å². The maximum Gasteiger partial charge on any atom is 0.164 e. The molecule has 0 saturated heterocycles. The lowest BCUT2D eigenvalue weighted by atomic mass is 10.0. The van der Waals surface area contributed by atoms with Crippen molar-refractivity contribution in [3.05, 3.63) is 47.5 Å². The van der Waals surface area contributed by atoms with Crippen molar-refractivity contribution >= 4 is 16.1 Å². The number of fused-ring (bicyclic) bond motifs is 2. The molecule has 0 radical (unpaired) electrons. The minimum atomic E-state index is -2.07. The second-order valence-electron chi connectivity index (χ2n) is 15.2. The zero-order chi connectivity index (χ0) is 30.4. The van der Waals surface area contributed by atoms with Crippen molar-refractivity contribution in [2.45, 2.75) is 127 Å². The van der Waals surface area contributed by atoms with Crippen LogP contribution in [0.3, 0.4) is 0 Å². The van der Waals surface area contributed by atoms with E-state index < -0.39 is 16.1 Å². The van der Waals surface area contributed by atoms with E-state index in [9.17, 15) is 0 Å². The molecular formula is C34H54O5Si2. The number of methoxy groups -OCH3 is 2. The summed E-state index contributed by atoms with van der Waals surface area (Å²) >= 11 is 0. The Kier molecular flexibility index (Phi) is 9.05. The van der Waals surface area contributed by atoms with Gasteiger partial charge in [-0.25, -0.2) is 0 Å². The first-order valence-electron chi connectivity index (χ1n) is 15.3. The van der Waals surface area contributed by atoms with Gasteiger partial charge in [0.1, 0.15) is 12.2 Å². The maximum atomic E-state index is 7.68. The van der Waals surface area contributed by atoms with Gasteiger partial charge in [-0.15, -0.1) is 0 Å². The molecule has 2 heterocycles. The van der Waals surface area contributed by atoms with Crippen LogP contribution in [-0.4, -0.2) is 54.0 Å². The first-order chi connectivity index (χ1) is 19.0. The first kappa shape index (κ1) is 32.0. The molecule has 0 aromatic heterocycles. The molecule has 4 atom stereocenters. The zero-order valence-electron chi connectivity index (χ0n) is 27.6. The van der Waals surface area contributed by atoms with E-state index in [4.69, 9.17) is 23.7 Å². The highest BCUT2D eigenvalue weighted by molar-refractivity contribution is 6.83. The fourth-order valence-electron chi connectivity index (χ4n) is 6.00. The molecule has 0 saturated carbocycles. The molecule has 2 aliphatic heterocycles. The van der Waals surface area contributed by atoms with Crippen LogP contribution in [-0.2, 0) is 17.6 Å². The van der Waals surface area contributed by atoms with E-state index in [1.54, 1.807) is 14.2 Å². The average molecular weight is 599 g/mol. The Bertz CT molecular complexity index is 1090. The molecule has 4 rings (SSSR count). The number of hydrogen-bond donors (Lipinski definition) is 0. The van der Waals surface area contributed by atoms with E-state index in [0.29, 0.717) is 0 Å². The lowest BCUT2D eigenvalue weighted by molar-refractivity contribution is -0.0569. The molecule has 2 aliphatic rings. The summed E-state index contributed by atoms with van der Waals surface area (Å²) in [6.07, 6.45) is 3.70. The van der Waals surface area contributed by atoms with Gasteiger partial charge in [0.25, 0.3) is 0 Å². The Labute approximate surface area is 251 Å². The molecule has 7 heteroatoms. The van der Waals surface area contributed by atoms with Crippen molar-refractivity contribution in [2.24, 2.45) is 0 Å². The molecule has 0 fully saturated rings. The SMILES string of the molecule is COc1cccc2c1O[C@@H](C(OC([C@H]1CCc3cccc(OC)c3O1)[Si](C)(C)C(C)(C)C)[Si](C)(C)C(C)(C)C)CC2. The number of aryl methyl sites for hydroxylation is 2. The second kappa shape index (κ2) is 11.6. The second-order valence-corrected chi connectivity index (χ2v) is 26.2. The molecule has 0 amide bonds. The fraction of sp³-hybridized carbons (Fsp3) is 0.647. The number of para-hydroxylation sites is 2. The smallest absolute Gasteiger partial charge is 0.164 e. The highest BCUT2D eigenvalue weighted by atomic mass is 28.3. The van der Waals surface area contributed by atoms with Crippen LogP contribution in [0.5, 0.6) is 23.0 Å². The van der Waals surface area contributed by atoms with E-state index in [2.05, 4.69) is 92.0 Å². The third-order valence-corrected chi connectivity index (χ3v) is 22.3. The van der Waals surface area contributed by atoms with Gasteiger partial charge < -0.3 is 23.7 Å². The zero-order valence-corrected chi connectivity index (χ0v) is 29.6. The Hall–Kier alpha value is -1.97. The van der Waals surface area contributed by atoms with Gasteiger partial charge in [0, 0.05) is 0 Å². The quantitative estimate of drug-likeness (QED) is 0.285. The van der Waals surface area contributed by atoms with Gasteiger partial charge in [0.2, 0.25) is 0 Å². The normalized spacial score (nSPS) is 21.1. The van der Waals surface area contributed by atoms with Gasteiger partial charge in [-0.05, 0) is 59.0 Å². The predicted octanol–water partition coefficient (Wildman–Crippen LogP) is 8.64. The summed E-state index contributed by atoms with van der Waals surface area (Å²) in [7, 11) is -0.687.